The van der Waals surface area contributed by atoms with Crippen molar-refractivity contribution in [2.45, 2.75) is 19.9 Å². The molecule has 0 saturated carbocycles. The molecule has 0 amide bonds. The van der Waals surface area contributed by atoms with Gasteiger partial charge in [0.05, 0.1) is 11.1 Å². The molecule has 90 valence electrons. The lowest BCUT2D eigenvalue weighted by atomic mass is 10.2. The summed E-state index contributed by atoms with van der Waals surface area (Å²) in [6.07, 6.45) is -4.68. The van der Waals surface area contributed by atoms with Gasteiger partial charge in [-0.1, -0.05) is 6.07 Å². The lowest BCUT2D eigenvalue weighted by Gasteiger charge is -2.11. The summed E-state index contributed by atoms with van der Waals surface area (Å²) < 4.78 is 45.1. The van der Waals surface area contributed by atoms with E-state index in [9.17, 15) is 13.2 Å². The molecule has 0 aliphatic carbocycles. The van der Waals surface area contributed by atoms with Crippen molar-refractivity contribution in [3.63, 3.8) is 0 Å². The molecule has 0 aliphatic heterocycles. The number of hydrogen-bond donors (Lipinski definition) is 0. The van der Waals surface area contributed by atoms with Crippen LogP contribution < -0.4 is 4.74 Å². The fourth-order valence-electron chi connectivity index (χ4n) is 1.06. The van der Waals surface area contributed by atoms with Crippen LogP contribution in [-0.2, 0) is 11.3 Å². The third-order valence-corrected chi connectivity index (χ3v) is 2.31. The lowest BCUT2D eigenvalue weighted by Crippen LogP contribution is -2.17. The van der Waals surface area contributed by atoms with Crippen molar-refractivity contribution < 1.29 is 22.6 Å². The topological polar surface area (TPSA) is 18.5 Å². The highest BCUT2D eigenvalue weighted by Crippen LogP contribution is 2.31. The van der Waals surface area contributed by atoms with Gasteiger partial charge in [0.25, 0.3) is 0 Å². The van der Waals surface area contributed by atoms with E-state index in [4.69, 9.17) is 4.74 Å². The fraction of sp³-hybridized carbons (Fsp3) is 0.400. The van der Waals surface area contributed by atoms with E-state index in [-0.39, 0.29) is 10.2 Å². The molecule has 1 aromatic carbocycles. The van der Waals surface area contributed by atoms with Crippen molar-refractivity contribution in [3.8, 4) is 5.75 Å². The van der Waals surface area contributed by atoms with Crippen molar-refractivity contribution in [1.29, 1.82) is 0 Å². The Bertz CT molecular complexity index is 352. The summed E-state index contributed by atoms with van der Waals surface area (Å²) in [5.74, 6) is -0.257. The van der Waals surface area contributed by atoms with Gasteiger partial charge in [-0.15, -0.1) is 13.2 Å². The van der Waals surface area contributed by atoms with Crippen LogP contribution in [0.15, 0.2) is 22.7 Å². The molecular formula is C10H10BrF3O2. The molecule has 0 bridgehead atoms. The first-order chi connectivity index (χ1) is 7.42. The van der Waals surface area contributed by atoms with E-state index in [0.717, 1.165) is 5.56 Å². The second-order valence-electron chi connectivity index (χ2n) is 2.95. The largest absolute Gasteiger partial charge is 0.573 e. The normalized spacial score (nSPS) is 11.6. The van der Waals surface area contributed by atoms with Gasteiger partial charge in [0, 0.05) is 6.61 Å². The van der Waals surface area contributed by atoms with Crippen molar-refractivity contribution in [3.05, 3.63) is 28.2 Å². The van der Waals surface area contributed by atoms with E-state index in [2.05, 4.69) is 20.7 Å². The molecule has 16 heavy (non-hydrogen) atoms. The summed E-state index contributed by atoms with van der Waals surface area (Å²) in [6, 6.07) is 4.32. The number of halogens is 4. The summed E-state index contributed by atoms with van der Waals surface area (Å²) in [6.45, 7) is 2.76. The molecule has 0 saturated heterocycles. The Hall–Kier alpha value is -0.750. The van der Waals surface area contributed by atoms with Gasteiger partial charge >= 0.3 is 6.36 Å². The second kappa shape index (κ2) is 5.54. The number of rotatable bonds is 4. The molecule has 0 unspecified atom stereocenters. The molecule has 0 heterocycles. The Balaban J connectivity index is 2.75. The summed E-state index contributed by atoms with van der Waals surface area (Å²) in [5, 5.41) is 0. The molecule has 0 aliphatic rings. The first kappa shape index (κ1) is 13.3. The van der Waals surface area contributed by atoms with E-state index in [1.165, 1.54) is 18.2 Å². The number of alkyl halides is 3. The van der Waals surface area contributed by atoms with Gasteiger partial charge in [-0.2, -0.15) is 0 Å². The molecular weight excluding hydrogens is 289 g/mol. The van der Waals surface area contributed by atoms with Crippen LogP contribution in [0, 0.1) is 0 Å². The molecule has 6 heteroatoms. The lowest BCUT2D eigenvalue weighted by molar-refractivity contribution is -0.274. The predicted octanol–water partition coefficient (Wildman–Crippen LogP) is 3.88. The molecule has 1 aromatic rings. The maximum atomic E-state index is 12.0. The van der Waals surface area contributed by atoms with Gasteiger partial charge < -0.3 is 9.47 Å². The summed E-state index contributed by atoms with van der Waals surface area (Å²) in [5.41, 5.74) is 0.781. The van der Waals surface area contributed by atoms with E-state index < -0.39 is 6.36 Å². The monoisotopic (exact) mass is 298 g/mol. The van der Waals surface area contributed by atoms with Crippen molar-refractivity contribution >= 4 is 15.9 Å². The van der Waals surface area contributed by atoms with E-state index in [1.807, 2.05) is 6.92 Å². The summed E-state index contributed by atoms with van der Waals surface area (Å²) >= 11 is 3.01. The van der Waals surface area contributed by atoms with Crippen LogP contribution in [0.4, 0.5) is 13.2 Å². The first-order valence-electron chi connectivity index (χ1n) is 4.54. The standard InChI is InChI=1S/C10H10BrF3O2/c1-2-15-6-7-3-4-9(8(11)5-7)16-10(12,13)14/h3-5H,2,6H2,1H3. The predicted molar refractivity (Wildman–Crippen MR) is 56.2 cm³/mol. The SMILES string of the molecule is CCOCc1ccc(OC(F)(F)F)c(Br)c1. The molecule has 2 nitrogen and oxygen atoms in total. The number of benzene rings is 1. The maximum Gasteiger partial charge on any atom is 0.573 e. The third kappa shape index (κ3) is 4.40. The van der Waals surface area contributed by atoms with Gasteiger partial charge in [0.2, 0.25) is 0 Å². The molecule has 0 aromatic heterocycles. The quantitative estimate of drug-likeness (QED) is 0.840. The average Bonchev–Trinajstić information content (AvgIpc) is 2.17. The van der Waals surface area contributed by atoms with Gasteiger partial charge in [0.15, 0.2) is 0 Å². The number of ether oxygens (including phenoxy) is 2. The van der Waals surface area contributed by atoms with Crippen LogP contribution in [0.3, 0.4) is 0 Å². The van der Waals surface area contributed by atoms with Crippen LogP contribution in [-0.4, -0.2) is 13.0 Å². The molecule has 0 atom stereocenters. The zero-order valence-corrected chi connectivity index (χ0v) is 10.1. The fourth-order valence-corrected chi connectivity index (χ4v) is 1.57. The molecule has 0 fully saturated rings. The minimum absolute atomic E-state index is 0.252. The first-order valence-corrected chi connectivity index (χ1v) is 5.33. The second-order valence-corrected chi connectivity index (χ2v) is 3.80. The summed E-state index contributed by atoms with van der Waals surface area (Å²) in [4.78, 5) is 0. The van der Waals surface area contributed by atoms with Crippen LogP contribution in [0.2, 0.25) is 0 Å². The molecule has 0 spiro atoms. The van der Waals surface area contributed by atoms with Crippen molar-refractivity contribution in [1.82, 2.24) is 0 Å². The van der Waals surface area contributed by atoms with E-state index in [0.29, 0.717) is 13.2 Å². The Labute approximate surface area is 99.5 Å². The highest BCUT2D eigenvalue weighted by atomic mass is 79.9. The summed E-state index contributed by atoms with van der Waals surface area (Å²) in [7, 11) is 0. The molecule has 0 N–H and O–H groups in total. The van der Waals surface area contributed by atoms with Gasteiger partial charge in [-0.25, -0.2) is 0 Å². The van der Waals surface area contributed by atoms with Crippen molar-refractivity contribution in [2.75, 3.05) is 6.61 Å². The number of hydrogen-bond acceptors (Lipinski definition) is 2. The van der Waals surface area contributed by atoms with E-state index >= 15 is 0 Å². The third-order valence-electron chi connectivity index (χ3n) is 1.69. The highest BCUT2D eigenvalue weighted by molar-refractivity contribution is 9.10. The molecule has 1 rings (SSSR count). The Kier molecular flexibility index (Phi) is 4.61. The Morgan fingerprint density at radius 3 is 2.50 bits per heavy atom. The van der Waals surface area contributed by atoms with E-state index in [1.54, 1.807) is 0 Å². The van der Waals surface area contributed by atoms with Crippen LogP contribution >= 0.6 is 15.9 Å². The highest BCUT2D eigenvalue weighted by Gasteiger charge is 2.31. The van der Waals surface area contributed by atoms with Gasteiger partial charge in [-0.05, 0) is 40.5 Å². The minimum Gasteiger partial charge on any atom is -0.405 e. The van der Waals surface area contributed by atoms with Crippen LogP contribution in [0.25, 0.3) is 0 Å². The average molecular weight is 299 g/mol. The zero-order valence-electron chi connectivity index (χ0n) is 8.47. The van der Waals surface area contributed by atoms with Crippen molar-refractivity contribution in [2.24, 2.45) is 0 Å². The molecule has 0 radical (unpaired) electrons. The zero-order chi connectivity index (χ0) is 12.2. The Morgan fingerprint density at radius 1 is 1.31 bits per heavy atom. The van der Waals surface area contributed by atoms with Crippen LogP contribution in [0.1, 0.15) is 12.5 Å². The smallest absolute Gasteiger partial charge is 0.405 e. The van der Waals surface area contributed by atoms with Gasteiger partial charge in [-0.3, -0.25) is 0 Å². The Morgan fingerprint density at radius 2 is 2.00 bits per heavy atom. The van der Waals surface area contributed by atoms with Crippen LogP contribution in [0.5, 0.6) is 5.75 Å². The van der Waals surface area contributed by atoms with Gasteiger partial charge in [0.1, 0.15) is 5.75 Å². The maximum absolute atomic E-state index is 12.0. The minimum atomic E-state index is -4.68.